The third kappa shape index (κ3) is 13.5. The first-order chi connectivity index (χ1) is 19.5. The van der Waals surface area contributed by atoms with Crippen LogP contribution in [-0.2, 0) is 16.0 Å². The van der Waals surface area contributed by atoms with Gasteiger partial charge in [-0.25, -0.2) is 19.6 Å². The molecule has 2 aliphatic rings. The SMILES string of the molecule is CC.CC.CCc1nc(/C(N)=C(\CN(C)CC(CC2CC2)NC=O)N(C)N)ccc1N1CCCC(F)(F)C1.O=CO. The second kappa shape index (κ2) is 20.0. The van der Waals surface area contributed by atoms with E-state index in [0.717, 1.165) is 24.2 Å². The number of piperidine rings is 1. The summed E-state index contributed by atoms with van der Waals surface area (Å²) in [6, 6.07) is 3.70. The maximum Gasteiger partial charge on any atom is 0.290 e. The molecule has 1 amide bonds. The van der Waals surface area contributed by atoms with Gasteiger partial charge in [0, 0.05) is 39.1 Å². The molecule has 1 saturated carbocycles. The zero-order valence-corrected chi connectivity index (χ0v) is 26.0. The number of nitrogens with one attached hydrogen (secondary N) is 1. The van der Waals surface area contributed by atoms with Crippen LogP contribution in [0.5, 0.6) is 0 Å². The number of hydrogen-bond acceptors (Lipinski definition) is 8. The van der Waals surface area contributed by atoms with Crippen LogP contribution in [0.25, 0.3) is 5.70 Å². The number of aryl methyl sites for hydroxylation is 1. The van der Waals surface area contributed by atoms with Gasteiger partial charge in [-0.3, -0.25) is 14.5 Å². The van der Waals surface area contributed by atoms with E-state index in [1.807, 2.05) is 47.7 Å². The van der Waals surface area contributed by atoms with Gasteiger partial charge in [-0.15, -0.1) is 0 Å². The maximum absolute atomic E-state index is 14.0. The molecule has 1 aromatic heterocycles. The van der Waals surface area contributed by atoms with E-state index in [9.17, 15) is 13.6 Å². The van der Waals surface area contributed by atoms with Gasteiger partial charge >= 0.3 is 0 Å². The maximum atomic E-state index is 14.0. The molecular formula is C29H53F2N7O3. The van der Waals surface area contributed by atoms with Crippen molar-refractivity contribution in [1.29, 1.82) is 0 Å². The van der Waals surface area contributed by atoms with Crippen LogP contribution in [-0.4, -0.2) is 85.1 Å². The van der Waals surface area contributed by atoms with Gasteiger partial charge in [-0.05, 0) is 44.4 Å². The molecule has 1 aromatic rings. The summed E-state index contributed by atoms with van der Waals surface area (Å²) in [5, 5.41) is 11.3. The number of amides is 1. The first-order valence-corrected chi connectivity index (χ1v) is 14.6. The number of rotatable bonds is 12. The first-order valence-electron chi connectivity index (χ1n) is 14.6. The fraction of sp³-hybridized carbons (Fsp3) is 0.690. The van der Waals surface area contributed by atoms with Gasteiger partial charge in [0.25, 0.3) is 12.4 Å². The van der Waals surface area contributed by atoms with Crippen molar-refractivity contribution in [3.8, 4) is 0 Å². The molecule has 1 atom stereocenters. The van der Waals surface area contributed by atoms with Crippen molar-refractivity contribution in [2.45, 2.75) is 85.1 Å². The van der Waals surface area contributed by atoms with E-state index < -0.39 is 5.92 Å². The van der Waals surface area contributed by atoms with Crippen molar-refractivity contribution >= 4 is 24.3 Å². The Hall–Kier alpha value is -2.99. The Balaban J connectivity index is 0.00000210. The highest BCUT2D eigenvalue weighted by Crippen LogP contribution is 2.34. The average molecular weight is 586 g/mol. The Bertz CT molecular complexity index is 928. The summed E-state index contributed by atoms with van der Waals surface area (Å²) in [5.41, 5.74) is 9.73. The third-order valence-electron chi connectivity index (χ3n) is 6.60. The lowest BCUT2D eigenvalue weighted by Crippen LogP contribution is -2.43. The summed E-state index contributed by atoms with van der Waals surface area (Å²) in [7, 11) is 3.69. The summed E-state index contributed by atoms with van der Waals surface area (Å²) < 4.78 is 27.9. The molecule has 10 nitrogen and oxygen atoms in total. The van der Waals surface area contributed by atoms with E-state index >= 15 is 0 Å². The summed E-state index contributed by atoms with van der Waals surface area (Å²) in [5.74, 6) is 4.14. The van der Waals surface area contributed by atoms with E-state index in [1.165, 1.54) is 17.9 Å². The number of aromatic nitrogens is 1. The molecule has 1 aliphatic carbocycles. The van der Waals surface area contributed by atoms with Crippen LogP contribution < -0.4 is 21.8 Å². The highest BCUT2D eigenvalue weighted by molar-refractivity contribution is 5.65. The number of anilines is 1. The predicted octanol–water partition coefficient (Wildman–Crippen LogP) is 3.91. The smallest absolute Gasteiger partial charge is 0.290 e. The van der Waals surface area contributed by atoms with E-state index in [2.05, 4.69) is 10.2 Å². The highest BCUT2D eigenvalue weighted by atomic mass is 19.3. The molecule has 41 heavy (non-hydrogen) atoms. The van der Waals surface area contributed by atoms with Crippen LogP contribution in [0.4, 0.5) is 14.5 Å². The number of nitrogens with two attached hydrogens (primary N) is 2. The van der Waals surface area contributed by atoms with Crippen molar-refractivity contribution < 1.29 is 23.5 Å². The summed E-state index contributed by atoms with van der Waals surface area (Å²) in [6.07, 6.45) is 5.16. The van der Waals surface area contributed by atoms with Crippen LogP contribution >= 0.6 is 0 Å². The van der Waals surface area contributed by atoms with Gasteiger partial charge in [0.05, 0.1) is 35.0 Å². The van der Waals surface area contributed by atoms with Crippen molar-refractivity contribution in [2.75, 3.05) is 45.2 Å². The number of pyridine rings is 1. The van der Waals surface area contributed by atoms with Crippen molar-refractivity contribution in [2.24, 2.45) is 17.5 Å². The highest BCUT2D eigenvalue weighted by Gasteiger charge is 2.36. The standard InChI is InChI=1S/C24H39F2N7O.2C2H6.CH2O2/c1-4-19-21(33-11-5-10-24(25,26)15-33)9-8-20(30-19)23(27)22(32(3)28)14-31(2)13-18(29-16-34)12-17-6-7-17;2*1-2;2-1-3/h8-9,16-18H,4-7,10-15,27-28H2,1-3H3,(H,29,34);2*1-2H3;1H,(H,2,3)/b23-22-;;;. The number of hydrazine groups is 1. The lowest BCUT2D eigenvalue weighted by molar-refractivity contribution is -0.122. The van der Waals surface area contributed by atoms with E-state index in [4.69, 9.17) is 26.5 Å². The Morgan fingerprint density at radius 1 is 1.24 bits per heavy atom. The second-order valence-corrected chi connectivity index (χ2v) is 9.83. The Morgan fingerprint density at radius 3 is 2.34 bits per heavy atom. The largest absolute Gasteiger partial charge is 0.483 e. The summed E-state index contributed by atoms with van der Waals surface area (Å²) >= 11 is 0. The van der Waals surface area contributed by atoms with Crippen LogP contribution in [0.15, 0.2) is 17.8 Å². The number of hydrogen-bond donors (Lipinski definition) is 4. The minimum absolute atomic E-state index is 0.0737. The molecular weight excluding hydrogens is 532 g/mol. The summed E-state index contributed by atoms with van der Waals surface area (Å²) in [6.45, 7) is 11.2. The predicted molar refractivity (Wildman–Crippen MR) is 162 cm³/mol. The van der Waals surface area contributed by atoms with Gasteiger partial charge < -0.3 is 26.1 Å². The number of carboxylic acid groups (broad SMARTS) is 1. The third-order valence-corrected chi connectivity index (χ3v) is 6.60. The first kappa shape index (κ1) is 38.0. The van der Waals surface area contributed by atoms with E-state index in [0.29, 0.717) is 55.5 Å². The molecule has 2 fully saturated rings. The van der Waals surface area contributed by atoms with Crippen molar-refractivity contribution in [1.82, 2.24) is 20.2 Å². The van der Waals surface area contributed by atoms with Gasteiger partial charge in [-0.2, -0.15) is 0 Å². The summed E-state index contributed by atoms with van der Waals surface area (Å²) in [4.78, 5) is 27.9. The molecule has 0 bridgehead atoms. The minimum Gasteiger partial charge on any atom is -0.483 e. The normalized spacial score (nSPS) is 16.8. The van der Waals surface area contributed by atoms with Gasteiger partial charge in [0.2, 0.25) is 6.41 Å². The Labute approximate surface area is 245 Å². The Kier molecular flexibility index (Phi) is 18.5. The molecule has 1 aliphatic heterocycles. The van der Waals surface area contributed by atoms with Gasteiger partial charge in [-0.1, -0.05) is 47.5 Å². The fourth-order valence-corrected chi connectivity index (χ4v) is 4.64. The van der Waals surface area contributed by atoms with E-state index in [1.54, 1.807) is 18.0 Å². The fourth-order valence-electron chi connectivity index (χ4n) is 4.64. The van der Waals surface area contributed by atoms with Crippen LogP contribution in [0, 0.1) is 5.92 Å². The zero-order chi connectivity index (χ0) is 31.6. The minimum atomic E-state index is -2.68. The zero-order valence-electron chi connectivity index (χ0n) is 26.0. The van der Waals surface area contributed by atoms with Crippen LogP contribution in [0.1, 0.15) is 78.1 Å². The second-order valence-electron chi connectivity index (χ2n) is 9.83. The average Bonchev–Trinajstić information content (AvgIpc) is 3.77. The number of alkyl halides is 2. The van der Waals surface area contributed by atoms with Crippen LogP contribution in [0.2, 0.25) is 0 Å². The molecule has 1 saturated heterocycles. The molecule has 236 valence electrons. The Morgan fingerprint density at radius 2 is 1.85 bits per heavy atom. The van der Waals surface area contributed by atoms with Gasteiger partial charge in [0.15, 0.2) is 0 Å². The molecule has 6 N–H and O–H groups in total. The number of carbonyl (C=O) groups is 2. The number of nitrogens with zero attached hydrogens (tertiary/aromatic N) is 4. The molecule has 0 radical (unpaired) electrons. The topological polar surface area (TPSA) is 141 Å². The molecule has 3 rings (SSSR count). The molecule has 1 unspecified atom stereocenters. The van der Waals surface area contributed by atoms with Gasteiger partial charge in [0.1, 0.15) is 0 Å². The molecule has 12 heteroatoms. The lowest BCUT2D eigenvalue weighted by atomic mass is 10.0. The number of halogens is 2. The monoisotopic (exact) mass is 585 g/mol. The van der Waals surface area contributed by atoms with Crippen molar-refractivity contribution in [3.63, 3.8) is 0 Å². The number of likely N-dealkylation sites (N-methyl/N-ethyl adjacent to an activating group) is 2. The number of carbonyl (C=O) groups excluding carboxylic acids is 1. The van der Waals surface area contributed by atoms with Crippen LogP contribution in [0.3, 0.4) is 0 Å². The molecule has 0 aromatic carbocycles. The molecule has 0 spiro atoms. The molecule has 2 heterocycles. The quantitative estimate of drug-likeness (QED) is 0.163. The van der Waals surface area contributed by atoms with Crippen molar-refractivity contribution in [3.05, 3.63) is 29.2 Å². The lowest BCUT2D eigenvalue weighted by Gasteiger charge is -2.35. The van der Waals surface area contributed by atoms with E-state index in [-0.39, 0.29) is 25.5 Å².